The number of hydrogen-bond acceptors (Lipinski definition) is 5. The van der Waals surface area contributed by atoms with Crippen molar-refractivity contribution in [2.75, 3.05) is 0 Å². The molecule has 6 heteroatoms. The molecule has 0 radical (unpaired) electrons. The Hall–Kier alpha value is -1.85. The van der Waals surface area contributed by atoms with Crippen LogP contribution in [-0.4, -0.2) is 15.1 Å². The lowest BCUT2D eigenvalue weighted by Gasteiger charge is -1.97. The first-order valence-electron chi connectivity index (χ1n) is 6.39. The van der Waals surface area contributed by atoms with E-state index in [4.69, 9.17) is 16.1 Å². The smallest absolute Gasteiger partial charge is 0.237 e. The van der Waals surface area contributed by atoms with Gasteiger partial charge in [0.25, 0.3) is 0 Å². The Labute approximate surface area is 131 Å². The van der Waals surface area contributed by atoms with Gasteiger partial charge >= 0.3 is 0 Å². The van der Waals surface area contributed by atoms with Crippen molar-refractivity contribution >= 4 is 23.4 Å². The molecule has 2 aromatic heterocycles. The van der Waals surface area contributed by atoms with Crippen LogP contribution < -0.4 is 0 Å². The van der Waals surface area contributed by atoms with Crippen LogP contribution in [0, 0.1) is 0 Å². The van der Waals surface area contributed by atoms with Gasteiger partial charge in [0, 0.05) is 17.6 Å². The highest BCUT2D eigenvalue weighted by Crippen LogP contribution is 2.20. The Morgan fingerprint density at radius 3 is 2.90 bits per heavy atom. The lowest BCUT2D eigenvalue weighted by atomic mass is 10.1. The second-order valence-electron chi connectivity index (χ2n) is 4.37. The fraction of sp³-hybridized carbons (Fsp3) is 0.133. The van der Waals surface area contributed by atoms with Gasteiger partial charge < -0.3 is 4.52 Å². The molecule has 4 nitrogen and oxygen atoms in total. The van der Waals surface area contributed by atoms with Gasteiger partial charge in [-0.15, -0.1) is 0 Å². The van der Waals surface area contributed by atoms with Gasteiger partial charge in [-0.3, -0.25) is 0 Å². The Bertz CT molecular complexity index is 718. The van der Waals surface area contributed by atoms with Gasteiger partial charge in [0.15, 0.2) is 5.82 Å². The molecule has 0 atom stereocenters. The molecule has 0 N–H and O–H groups in total. The highest BCUT2D eigenvalue weighted by Gasteiger charge is 2.08. The first kappa shape index (κ1) is 14.1. The third-order valence-corrected chi connectivity index (χ3v) is 3.91. The standard InChI is InChI=1S/C15H12ClN3OS/c16-12-5-3-4-11(8-12)9-13-18-14(20-19-13)10-21-15-6-1-2-7-17-15/h1-8H,9-10H2. The van der Waals surface area contributed by atoms with Gasteiger partial charge in [-0.25, -0.2) is 4.98 Å². The molecule has 1 aromatic carbocycles. The zero-order valence-electron chi connectivity index (χ0n) is 11.1. The molecule has 0 bridgehead atoms. The largest absolute Gasteiger partial charge is 0.338 e. The molecule has 0 amide bonds. The Morgan fingerprint density at radius 1 is 1.14 bits per heavy atom. The summed E-state index contributed by atoms with van der Waals surface area (Å²) in [5, 5.41) is 5.64. The molecule has 3 aromatic rings. The van der Waals surface area contributed by atoms with Crippen LogP contribution in [-0.2, 0) is 12.2 Å². The zero-order chi connectivity index (χ0) is 14.5. The first-order chi connectivity index (χ1) is 10.3. The molecule has 0 saturated carbocycles. The topological polar surface area (TPSA) is 51.8 Å². The monoisotopic (exact) mass is 317 g/mol. The lowest BCUT2D eigenvalue weighted by molar-refractivity contribution is 0.386. The summed E-state index contributed by atoms with van der Waals surface area (Å²) in [6, 6.07) is 13.4. The zero-order valence-corrected chi connectivity index (χ0v) is 12.6. The minimum absolute atomic E-state index is 0.600. The van der Waals surface area contributed by atoms with Crippen molar-refractivity contribution < 1.29 is 4.52 Å². The summed E-state index contributed by atoms with van der Waals surface area (Å²) in [4.78, 5) is 8.62. The second kappa shape index (κ2) is 6.74. The predicted molar refractivity (Wildman–Crippen MR) is 82.4 cm³/mol. The van der Waals surface area contributed by atoms with Crippen LogP contribution >= 0.6 is 23.4 Å². The van der Waals surface area contributed by atoms with Crippen LogP contribution in [0.5, 0.6) is 0 Å². The molecule has 0 aliphatic heterocycles. The molecule has 0 saturated heterocycles. The van der Waals surface area contributed by atoms with Gasteiger partial charge in [-0.05, 0) is 29.8 Å². The van der Waals surface area contributed by atoms with Crippen molar-refractivity contribution in [3.63, 3.8) is 0 Å². The van der Waals surface area contributed by atoms with E-state index in [1.807, 2.05) is 42.5 Å². The molecule has 0 aliphatic carbocycles. The molecular formula is C15H12ClN3OS. The van der Waals surface area contributed by atoms with E-state index in [2.05, 4.69) is 15.1 Å². The Balaban J connectivity index is 1.61. The summed E-state index contributed by atoms with van der Waals surface area (Å²) in [5.41, 5.74) is 1.06. The Morgan fingerprint density at radius 2 is 2.10 bits per heavy atom. The van der Waals surface area contributed by atoms with Crippen LogP contribution in [0.25, 0.3) is 0 Å². The van der Waals surface area contributed by atoms with Gasteiger partial charge in [0.05, 0.1) is 10.8 Å². The van der Waals surface area contributed by atoms with E-state index < -0.39 is 0 Å². The second-order valence-corrected chi connectivity index (χ2v) is 5.80. The van der Waals surface area contributed by atoms with Crippen molar-refractivity contribution in [2.24, 2.45) is 0 Å². The molecule has 0 spiro atoms. The number of thioether (sulfide) groups is 1. The third-order valence-electron chi connectivity index (χ3n) is 2.74. The van der Waals surface area contributed by atoms with Crippen molar-refractivity contribution in [3.05, 3.63) is 71.0 Å². The van der Waals surface area contributed by atoms with E-state index in [1.54, 1.807) is 18.0 Å². The van der Waals surface area contributed by atoms with E-state index in [0.717, 1.165) is 10.6 Å². The lowest BCUT2D eigenvalue weighted by Crippen LogP contribution is -1.91. The van der Waals surface area contributed by atoms with E-state index >= 15 is 0 Å². The molecular weight excluding hydrogens is 306 g/mol. The highest BCUT2D eigenvalue weighted by atomic mass is 35.5. The fourth-order valence-electron chi connectivity index (χ4n) is 1.82. The van der Waals surface area contributed by atoms with E-state index in [1.165, 1.54) is 0 Å². The molecule has 3 rings (SSSR count). The quantitative estimate of drug-likeness (QED) is 0.666. The van der Waals surface area contributed by atoms with Crippen molar-refractivity contribution in [1.82, 2.24) is 15.1 Å². The summed E-state index contributed by atoms with van der Waals surface area (Å²) in [6.45, 7) is 0. The maximum Gasteiger partial charge on any atom is 0.237 e. The number of pyridine rings is 1. The number of halogens is 1. The van der Waals surface area contributed by atoms with Crippen LogP contribution in [0.4, 0.5) is 0 Å². The van der Waals surface area contributed by atoms with Gasteiger partial charge in [0.1, 0.15) is 0 Å². The summed E-state index contributed by atoms with van der Waals surface area (Å²) in [7, 11) is 0. The van der Waals surface area contributed by atoms with Crippen molar-refractivity contribution in [1.29, 1.82) is 0 Å². The molecule has 2 heterocycles. The van der Waals surface area contributed by atoms with Crippen LogP contribution in [0.2, 0.25) is 5.02 Å². The van der Waals surface area contributed by atoms with E-state index in [-0.39, 0.29) is 0 Å². The summed E-state index contributed by atoms with van der Waals surface area (Å²) in [5.74, 6) is 1.87. The maximum atomic E-state index is 5.96. The Kier molecular flexibility index (Phi) is 4.52. The van der Waals surface area contributed by atoms with E-state index in [9.17, 15) is 0 Å². The van der Waals surface area contributed by atoms with Crippen LogP contribution in [0.15, 0.2) is 58.2 Å². The summed E-state index contributed by atoms with van der Waals surface area (Å²) in [6.07, 6.45) is 2.37. The van der Waals surface area contributed by atoms with Gasteiger partial charge in [0.2, 0.25) is 5.89 Å². The average molecular weight is 318 g/mol. The number of nitrogens with zero attached hydrogens (tertiary/aromatic N) is 3. The highest BCUT2D eigenvalue weighted by molar-refractivity contribution is 7.98. The molecule has 0 fully saturated rings. The van der Waals surface area contributed by atoms with E-state index in [0.29, 0.717) is 28.9 Å². The first-order valence-corrected chi connectivity index (χ1v) is 7.76. The fourth-order valence-corrected chi connectivity index (χ4v) is 2.73. The summed E-state index contributed by atoms with van der Waals surface area (Å²) >= 11 is 7.53. The normalized spacial score (nSPS) is 10.7. The van der Waals surface area contributed by atoms with Crippen LogP contribution in [0.3, 0.4) is 0 Å². The van der Waals surface area contributed by atoms with Crippen LogP contribution in [0.1, 0.15) is 17.3 Å². The SMILES string of the molecule is Clc1cccc(Cc2noc(CSc3ccccn3)n2)c1. The van der Waals surface area contributed by atoms with Crippen molar-refractivity contribution in [2.45, 2.75) is 17.2 Å². The minimum atomic E-state index is 0.600. The minimum Gasteiger partial charge on any atom is -0.338 e. The number of aromatic nitrogens is 3. The average Bonchev–Trinajstić information content (AvgIpc) is 2.94. The predicted octanol–water partition coefficient (Wildman–Crippen LogP) is 4.00. The summed E-state index contributed by atoms with van der Waals surface area (Å²) < 4.78 is 5.25. The van der Waals surface area contributed by atoms with Gasteiger partial charge in [-0.2, -0.15) is 4.98 Å². The molecule has 0 unspecified atom stereocenters. The third kappa shape index (κ3) is 4.06. The molecule has 21 heavy (non-hydrogen) atoms. The number of benzene rings is 1. The molecule has 106 valence electrons. The van der Waals surface area contributed by atoms with Crippen molar-refractivity contribution in [3.8, 4) is 0 Å². The number of rotatable bonds is 5. The maximum absolute atomic E-state index is 5.96. The molecule has 0 aliphatic rings. The van der Waals surface area contributed by atoms with Gasteiger partial charge in [-0.1, -0.05) is 46.7 Å². The number of hydrogen-bond donors (Lipinski definition) is 0.